The summed E-state index contributed by atoms with van der Waals surface area (Å²) in [5.41, 5.74) is 3.15. The molecule has 7 nitrogen and oxygen atoms in total. The number of urea groups is 1. The van der Waals surface area contributed by atoms with E-state index in [0.29, 0.717) is 25.6 Å². The maximum absolute atomic E-state index is 12.9. The second-order valence-electron chi connectivity index (χ2n) is 8.56. The summed E-state index contributed by atoms with van der Waals surface area (Å²) in [5, 5.41) is 12.2. The van der Waals surface area contributed by atoms with Crippen LogP contribution in [0.1, 0.15) is 30.4 Å². The summed E-state index contributed by atoms with van der Waals surface area (Å²) < 4.78 is 0. The van der Waals surface area contributed by atoms with Crippen LogP contribution in [0.5, 0.6) is 0 Å². The van der Waals surface area contributed by atoms with Crippen LogP contribution in [0.2, 0.25) is 0 Å². The number of hydrogen-bond acceptors (Lipinski definition) is 4. The fourth-order valence-electron chi connectivity index (χ4n) is 4.45. The Morgan fingerprint density at radius 1 is 1.10 bits per heavy atom. The number of nitrogens with one attached hydrogen (secondary N) is 1. The number of aryl methyl sites for hydroxylation is 2. The van der Waals surface area contributed by atoms with Crippen molar-refractivity contribution in [2.24, 2.45) is 5.92 Å². The Kier molecular flexibility index (Phi) is 7.14. The Morgan fingerprint density at radius 2 is 1.83 bits per heavy atom. The largest absolute Gasteiger partial charge is 0.481 e. The zero-order valence-corrected chi connectivity index (χ0v) is 17.9. The number of carbonyl (C=O) groups is 2. The highest BCUT2D eigenvalue weighted by Crippen LogP contribution is 2.28. The summed E-state index contributed by atoms with van der Waals surface area (Å²) >= 11 is 0. The highest BCUT2D eigenvalue weighted by atomic mass is 16.4. The number of piperazine rings is 1. The highest BCUT2D eigenvalue weighted by Gasteiger charge is 2.36. The zero-order chi connectivity index (χ0) is 21.0. The number of amides is 2. The third-order valence-corrected chi connectivity index (χ3v) is 6.48. The van der Waals surface area contributed by atoms with Crippen molar-refractivity contribution in [1.82, 2.24) is 14.7 Å². The summed E-state index contributed by atoms with van der Waals surface area (Å²) in [7, 11) is 2.14. The molecule has 160 valence electrons. The lowest BCUT2D eigenvalue weighted by atomic mass is 9.86. The minimum Gasteiger partial charge on any atom is -0.481 e. The standard InChI is InChI=1S/C22H34N4O3/c1-16-4-6-19(14-17(16)2)23-22(29)26-9-8-20(18(15-26)5-7-21(27)28)25-12-10-24(3)11-13-25/h4,6,14,18,20H,5,7-13,15H2,1-3H3,(H,23,29)(H,27,28)/t18-,20+/m0/s1. The molecule has 2 N–H and O–H groups in total. The first-order valence-corrected chi connectivity index (χ1v) is 10.6. The fraction of sp³-hybridized carbons (Fsp3) is 0.636. The molecule has 0 spiro atoms. The highest BCUT2D eigenvalue weighted by molar-refractivity contribution is 5.89. The molecule has 2 saturated heterocycles. The number of aliphatic carboxylic acids is 1. The maximum Gasteiger partial charge on any atom is 0.321 e. The van der Waals surface area contributed by atoms with Gasteiger partial charge in [-0.3, -0.25) is 9.69 Å². The van der Waals surface area contributed by atoms with Crippen LogP contribution in [-0.2, 0) is 4.79 Å². The molecular formula is C22H34N4O3. The van der Waals surface area contributed by atoms with E-state index >= 15 is 0 Å². The van der Waals surface area contributed by atoms with Crippen molar-refractivity contribution in [2.45, 2.75) is 39.2 Å². The summed E-state index contributed by atoms with van der Waals surface area (Å²) in [6, 6.07) is 6.20. The summed E-state index contributed by atoms with van der Waals surface area (Å²) in [6.07, 6.45) is 1.66. The van der Waals surface area contributed by atoms with E-state index in [1.54, 1.807) is 0 Å². The lowest BCUT2D eigenvalue weighted by Crippen LogP contribution is -2.57. The van der Waals surface area contributed by atoms with Crippen molar-refractivity contribution >= 4 is 17.7 Å². The molecule has 0 saturated carbocycles. The van der Waals surface area contributed by atoms with Gasteiger partial charge in [0.05, 0.1) is 0 Å². The molecule has 1 aromatic rings. The first kappa shape index (κ1) is 21.6. The molecule has 2 atom stereocenters. The van der Waals surface area contributed by atoms with Gasteiger partial charge >= 0.3 is 12.0 Å². The van der Waals surface area contributed by atoms with Crippen LogP contribution in [-0.4, -0.2) is 84.2 Å². The van der Waals surface area contributed by atoms with E-state index in [4.69, 9.17) is 0 Å². The van der Waals surface area contributed by atoms with E-state index in [9.17, 15) is 14.7 Å². The Balaban J connectivity index is 1.64. The third-order valence-electron chi connectivity index (χ3n) is 6.48. The number of carboxylic acid groups (broad SMARTS) is 1. The van der Waals surface area contributed by atoms with Crippen molar-refractivity contribution in [3.63, 3.8) is 0 Å². The number of rotatable bonds is 5. The average Bonchev–Trinajstić information content (AvgIpc) is 2.69. The molecule has 2 aliphatic rings. The predicted octanol–water partition coefficient (Wildman–Crippen LogP) is 2.64. The van der Waals surface area contributed by atoms with Crippen molar-refractivity contribution in [2.75, 3.05) is 51.6 Å². The van der Waals surface area contributed by atoms with Crippen LogP contribution >= 0.6 is 0 Å². The second-order valence-corrected chi connectivity index (χ2v) is 8.56. The van der Waals surface area contributed by atoms with Crippen LogP contribution in [0.15, 0.2) is 18.2 Å². The first-order valence-electron chi connectivity index (χ1n) is 10.6. The van der Waals surface area contributed by atoms with Gasteiger partial charge < -0.3 is 20.2 Å². The van der Waals surface area contributed by atoms with Gasteiger partial charge in [0.1, 0.15) is 0 Å². The monoisotopic (exact) mass is 402 g/mol. The molecule has 2 amide bonds. The number of carbonyl (C=O) groups excluding carboxylic acids is 1. The smallest absolute Gasteiger partial charge is 0.321 e. The SMILES string of the molecule is Cc1ccc(NC(=O)N2CC[C@@H](N3CCN(C)CC3)[C@@H](CCC(=O)O)C2)cc1C. The molecule has 2 fully saturated rings. The van der Waals surface area contributed by atoms with Crippen LogP contribution < -0.4 is 5.32 Å². The Hall–Kier alpha value is -2.12. The molecule has 0 radical (unpaired) electrons. The lowest BCUT2D eigenvalue weighted by Gasteiger charge is -2.46. The zero-order valence-electron chi connectivity index (χ0n) is 17.9. The van der Waals surface area contributed by atoms with Crippen molar-refractivity contribution in [3.8, 4) is 0 Å². The molecule has 29 heavy (non-hydrogen) atoms. The number of nitrogens with zero attached hydrogens (tertiary/aromatic N) is 3. The number of carboxylic acids is 1. The normalized spacial score (nSPS) is 23.8. The van der Waals surface area contributed by atoms with Gasteiger partial charge in [-0.2, -0.15) is 0 Å². The minimum absolute atomic E-state index is 0.0922. The molecule has 0 aliphatic carbocycles. The van der Waals surface area contributed by atoms with Gasteiger partial charge in [-0.15, -0.1) is 0 Å². The third kappa shape index (κ3) is 5.70. The molecule has 0 aromatic heterocycles. The van der Waals surface area contributed by atoms with Gasteiger partial charge in [0.15, 0.2) is 0 Å². The van der Waals surface area contributed by atoms with Crippen LogP contribution in [0, 0.1) is 19.8 Å². The van der Waals surface area contributed by atoms with Crippen LogP contribution in [0.4, 0.5) is 10.5 Å². The van der Waals surface area contributed by atoms with Gasteiger partial charge in [0, 0.05) is 57.4 Å². The number of likely N-dealkylation sites (tertiary alicyclic amines) is 1. The topological polar surface area (TPSA) is 76.1 Å². The van der Waals surface area contributed by atoms with E-state index in [1.165, 1.54) is 5.56 Å². The Bertz CT molecular complexity index is 731. The summed E-state index contributed by atoms with van der Waals surface area (Å²) in [5.74, 6) is -0.576. The van der Waals surface area contributed by atoms with Crippen LogP contribution in [0.25, 0.3) is 0 Å². The van der Waals surface area contributed by atoms with E-state index in [0.717, 1.165) is 43.9 Å². The molecule has 7 heteroatoms. The molecule has 2 heterocycles. The Morgan fingerprint density at radius 3 is 2.48 bits per heavy atom. The molecule has 3 rings (SSSR count). The van der Waals surface area contributed by atoms with Crippen molar-refractivity contribution in [3.05, 3.63) is 29.3 Å². The molecule has 0 bridgehead atoms. The first-order chi connectivity index (χ1) is 13.8. The number of anilines is 1. The van der Waals surface area contributed by atoms with E-state index in [2.05, 4.69) is 29.1 Å². The van der Waals surface area contributed by atoms with Crippen molar-refractivity contribution in [1.29, 1.82) is 0 Å². The van der Waals surface area contributed by atoms with Gasteiger partial charge in [0.2, 0.25) is 0 Å². The van der Waals surface area contributed by atoms with E-state index in [-0.39, 0.29) is 18.4 Å². The molecular weight excluding hydrogens is 368 g/mol. The second kappa shape index (κ2) is 9.59. The lowest BCUT2D eigenvalue weighted by molar-refractivity contribution is -0.137. The summed E-state index contributed by atoms with van der Waals surface area (Å²) in [6.45, 7) is 9.52. The molecule has 1 aromatic carbocycles. The number of likely N-dealkylation sites (N-methyl/N-ethyl adjacent to an activating group) is 1. The maximum atomic E-state index is 12.9. The minimum atomic E-state index is -0.765. The average molecular weight is 403 g/mol. The predicted molar refractivity (Wildman–Crippen MR) is 114 cm³/mol. The Labute approximate surface area is 173 Å². The number of piperidine rings is 1. The number of benzene rings is 1. The van der Waals surface area contributed by atoms with Gasteiger partial charge in [-0.05, 0) is 62.9 Å². The van der Waals surface area contributed by atoms with Gasteiger partial charge in [0.25, 0.3) is 0 Å². The fourth-order valence-corrected chi connectivity index (χ4v) is 4.45. The van der Waals surface area contributed by atoms with Crippen LogP contribution in [0.3, 0.4) is 0 Å². The van der Waals surface area contributed by atoms with E-state index in [1.807, 2.05) is 30.0 Å². The molecule has 2 aliphatic heterocycles. The quantitative estimate of drug-likeness (QED) is 0.792. The molecule has 0 unspecified atom stereocenters. The van der Waals surface area contributed by atoms with Crippen molar-refractivity contribution < 1.29 is 14.7 Å². The summed E-state index contributed by atoms with van der Waals surface area (Å²) in [4.78, 5) is 30.7. The van der Waals surface area contributed by atoms with Gasteiger partial charge in [-0.1, -0.05) is 6.07 Å². The number of hydrogen-bond donors (Lipinski definition) is 2. The van der Waals surface area contributed by atoms with Gasteiger partial charge in [-0.25, -0.2) is 4.79 Å². The van der Waals surface area contributed by atoms with E-state index < -0.39 is 5.97 Å².